The normalized spacial score (nSPS) is 10.6. The minimum absolute atomic E-state index is 0.257. The molecule has 3 aromatic rings. The molecular weight excluding hydrogens is 390 g/mol. The van der Waals surface area contributed by atoms with Gasteiger partial charge in [-0.25, -0.2) is 0 Å². The number of alkyl halides is 2. The van der Waals surface area contributed by atoms with Crippen molar-refractivity contribution in [1.29, 1.82) is 0 Å². The summed E-state index contributed by atoms with van der Waals surface area (Å²) in [5, 5.41) is 3.14. The van der Waals surface area contributed by atoms with Crippen molar-refractivity contribution >= 4 is 11.6 Å². The van der Waals surface area contributed by atoms with Crippen LogP contribution in [0.1, 0.15) is 11.1 Å². The third kappa shape index (κ3) is 6.52. The fourth-order valence-corrected chi connectivity index (χ4v) is 2.78. The predicted molar refractivity (Wildman–Crippen MR) is 109 cm³/mol. The third-order valence-corrected chi connectivity index (χ3v) is 4.23. The summed E-state index contributed by atoms with van der Waals surface area (Å²) in [4.78, 5) is 11.0. The van der Waals surface area contributed by atoms with Gasteiger partial charge in [0.15, 0.2) is 18.5 Å². The highest BCUT2D eigenvalue weighted by atomic mass is 19.3. The van der Waals surface area contributed by atoms with E-state index in [1.807, 2.05) is 64.9 Å². The van der Waals surface area contributed by atoms with Crippen LogP contribution in [0.25, 0.3) is 0 Å². The van der Waals surface area contributed by atoms with Gasteiger partial charge in [0.25, 0.3) is 0 Å². The maximum atomic E-state index is 12.3. The lowest BCUT2D eigenvalue weighted by Gasteiger charge is -2.13. The molecule has 3 rings (SSSR count). The summed E-state index contributed by atoms with van der Waals surface area (Å²) in [6, 6.07) is 21.0. The third-order valence-electron chi connectivity index (χ3n) is 4.23. The first-order valence-corrected chi connectivity index (χ1v) is 9.40. The van der Waals surface area contributed by atoms with Gasteiger partial charge in [0.05, 0.1) is 5.69 Å². The Hall–Kier alpha value is -3.52. The summed E-state index contributed by atoms with van der Waals surface area (Å²) >= 11 is 0. The maximum absolute atomic E-state index is 12.3. The topological polar surface area (TPSA) is 66.3 Å². The molecule has 0 unspecified atom stereocenters. The van der Waals surface area contributed by atoms with Crippen LogP contribution in [0.4, 0.5) is 14.5 Å². The molecule has 0 aliphatic carbocycles. The molecule has 0 aliphatic heterocycles. The van der Waals surface area contributed by atoms with Crippen LogP contribution >= 0.6 is 0 Å². The molecular formula is C22H23F2N4O2+. The molecule has 1 heterocycles. The molecule has 3 N–H and O–H groups in total. The predicted octanol–water partition coefficient (Wildman–Crippen LogP) is 2.86. The van der Waals surface area contributed by atoms with Crippen molar-refractivity contribution in [3.8, 4) is 5.75 Å². The van der Waals surface area contributed by atoms with E-state index in [-0.39, 0.29) is 6.73 Å². The molecule has 1 aromatic heterocycles. The number of carbonyl (C=O) groups is 1. The maximum Gasteiger partial charge on any atom is 0.317 e. The smallest absolute Gasteiger partial charge is 0.317 e. The van der Waals surface area contributed by atoms with Gasteiger partial charge in [-0.15, -0.1) is 0 Å². The van der Waals surface area contributed by atoms with E-state index in [9.17, 15) is 13.6 Å². The molecule has 6 nitrogen and oxygen atoms in total. The Morgan fingerprint density at radius 2 is 1.77 bits per heavy atom. The van der Waals surface area contributed by atoms with Gasteiger partial charge in [-0.2, -0.15) is 13.3 Å². The number of benzene rings is 2. The van der Waals surface area contributed by atoms with Gasteiger partial charge in [0, 0.05) is 18.2 Å². The summed E-state index contributed by atoms with van der Waals surface area (Å²) in [6.45, 7) is 1.42. The lowest BCUT2D eigenvalue weighted by molar-refractivity contribution is -0.688. The molecule has 0 fully saturated rings. The van der Waals surface area contributed by atoms with Crippen molar-refractivity contribution in [2.75, 3.05) is 12.2 Å². The Balaban J connectivity index is 1.48. The van der Waals surface area contributed by atoms with Crippen LogP contribution in [0.15, 0.2) is 79.1 Å². The van der Waals surface area contributed by atoms with Crippen LogP contribution < -0.4 is 25.5 Å². The number of aromatic nitrogens is 1. The van der Waals surface area contributed by atoms with E-state index in [0.29, 0.717) is 12.2 Å². The molecule has 0 atom stereocenters. The Bertz CT molecular complexity index is 955. The van der Waals surface area contributed by atoms with Gasteiger partial charge in [-0.3, -0.25) is 21.0 Å². The molecule has 0 spiro atoms. The number of carbonyl (C=O) groups excluding carboxylic acids is 1. The quantitative estimate of drug-likeness (QED) is 0.207. The Morgan fingerprint density at radius 3 is 2.57 bits per heavy atom. The molecule has 2 aromatic carbocycles. The van der Waals surface area contributed by atoms with Crippen LogP contribution in [-0.2, 0) is 17.9 Å². The van der Waals surface area contributed by atoms with Crippen LogP contribution in [0, 0.1) is 0 Å². The minimum atomic E-state index is -3.08. The highest BCUT2D eigenvalue weighted by Gasteiger charge is 2.14. The van der Waals surface area contributed by atoms with Crippen molar-refractivity contribution in [3.63, 3.8) is 0 Å². The van der Waals surface area contributed by atoms with Gasteiger partial charge >= 0.3 is 12.3 Å². The standard InChI is InChI=1S/C22H22F2N4O2/c23-21(24)22(29)27-26-20-11-5-4-9-18(20)13-25-16-30-19-10-6-12-28(15-19)14-17-7-2-1-3-8-17/h1-12,15,21,25-26H,13-14,16H2/p+1. The SMILES string of the molecule is O=C(NNc1ccccc1CNCOc1ccc[n+](Cc2ccccc2)c1)C(F)F. The Labute approximate surface area is 173 Å². The summed E-state index contributed by atoms with van der Waals surface area (Å²) < 4.78 is 32.4. The zero-order chi connectivity index (χ0) is 21.2. The highest BCUT2D eigenvalue weighted by molar-refractivity contribution is 5.80. The summed E-state index contributed by atoms with van der Waals surface area (Å²) in [5.74, 6) is -0.662. The largest absolute Gasteiger partial charge is 0.472 e. The zero-order valence-electron chi connectivity index (χ0n) is 16.2. The van der Waals surface area contributed by atoms with Crippen LogP contribution in [0.5, 0.6) is 5.75 Å². The number of pyridine rings is 1. The Kier molecular flexibility index (Phi) is 7.68. The number of hydrazine groups is 1. The minimum Gasteiger partial charge on any atom is -0.472 e. The number of rotatable bonds is 10. The second kappa shape index (κ2) is 10.9. The first kappa shape index (κ1) is 21.2. The highest BCUT2D eigenvalue weighted by Crippen LogP contribution is 2.14. The summed E-state index contributed by atoms with van der Waals surface area (Å²) in [7, 11) is 0. The fraction of sp³-hybridized carbons (Fsp3) is 0.182. The van der Waals surface area contributed by atoms with Crippen LogP contribution in [0.2, 0.25) is 0 Å². The van der Waals surface area contributed by atoms with Crippen molar-refractivity contribution < 1.29 is 22.9 Å². The van der Waals surface area contributed by atoms with Gasteiger partial charge in [-0.05, 0) is 17.7 Å². The molecule has 0 saturated heterocycles. The molecule has 8 heteroatoms. The summed E-state index contributed by atoms with van der Waals surface area (Å²) in [6.07, 6.45) is 0.819. The van der Waals surface area contributed by atoms with Crippen LogP contribution in [-0.4, -0.2) is 19.1 Å². The van der Waals surface area contributed by atoms with E-state index in [1.54, 1.807) is 12.1 Å². The number of nitrogens with zero attached hydrogens (tertiary/aromatic N) is 1. The Morgan fingerprint density at radius 1 is 1.00 bits per heavy atom. The number of hydrogen-bond donors (Lipinski definition) is 3. The second-order valence-corrected chi connectivity index (χ2v) is 6.49. The lowest BCUT2D eigenvalue weighted by atomic mass is 10.2. The fourth-order valence-electron chi connectivity index (χ4n) is 2.78. The second-order valence-electron chi connectivity index (χ2n) is 6.49. The van der Waals surface area contributed by atoms with Crippen molar-refractivity contribution in [1.82, 2.24) is 10.7 Å². The molecule has 0 bridgehead atoms. The number of hydrogen-bond acceptors (Lipinski definition) is 4. The summed E-state index contributed by atoms with van der Waals surface area (Å²) in [5.41, 5.74) is 7.02. The van der Waals surface area contributed by atoms with E-state index in [1.165, 1.54) is 5.56 Å². The number of halogens is 2. The number of amides is 1. The number of anilines is 1. The van der Waals surface area contributed by atoms with Gasteiger partial charge in [-0.1, -0.05) is 48.5 Å². The van der Waals surface area contributed by atoms with E-state index in [2.05, 4.69) is 22.9 Å². The van der Waals surface area contributed by atoms with Crippen molar-refractivity contribution in [2.45, 2.75) is 19.5 Å². The molecule has 156 valence electrons. The van der Waals surface area contributed by atoms with Crippen LogP contribution in [0.3, 0.4) is 0 Å². The van der Waals surface area contributed by atoms with Crippen molar-refractivity contribution in [2.24, 2.45) is 0 Å². The number of para-hydroxylation sites is 1. The van der Waals surface area contributed by atoms with E-state index >= 15 is 0 Å². The average Bonchev–Trinajstić information content (AvgIpc) is 2.76. The van der Waals surface area contributed by atoms with Gasteiger partial charge in [0.2, 0.25) is 6.20 Å². The van der Waals surface area contributed by atoms with E-state index in [0.717, 1.165) is 17.9 Å². The lowest BCUT2D eigenvalue weighted by Crippen LogP contribution is -2.35. The molecule has 0 radical (unpaired) electrons. The monoisotopic (exact) mass is 413 g/mol. The molecule has 0 aliphatic rings. The molecule has 1 amide bonds. The first-order chi connectivity index (χ1) is 14.6. The van der Waals surface area contributed by atoms with Gasteiger partial charge in [0.1, 0.15) is 6.73 Å². The zero-order valence-corrected chi connectivity index (χ0v) is 16.2. The number of nitrogens with one attached hydrogen (secondary N) is 3. The average molecular weight is 413 g/mol. The molecule has 0 saturated carbocycles. The van der Waals surface area contributed by atoms with Crippen molar-refractivity contribution in [3.05, 3.63) is 90.3 Å². The van der Waals surface area contributed by atoms with E-state index < -0.39 is 12.3 Å². The number of ether oxygens (including phenoxy) is 1. The first-order valence-electron chi connectivity index (χ1n) is 9.40. The molecule has 30 heavy (non-hydrogen) atoms. The van der Waals surface area contributed by atoms with E-state index in [4.69, 9.17) is 4.74 Å². The van der Waals surface area contributed by atoms with Gasteiger partial charge < -0.3 is 4.74 Å².